The Morgan fingerprint density at radius 3 is 2.09 bits per heavy atom. The van der Waals surface area contributed by atoms with E-state index >= 15 is 0 Å². The van der Waals surface area contributed by atoms with Crippen molar-refractivity contribution in [2.75, 3.05) is 6.61 Å². The highest BCUT2D eigenvalue weighted by atomic mass is 16.7. The first-order valence-electron chi connectivity index (χ1n) is 9.07. The largest absolute Gasteiger partial charge is 0.298 e. The summed E-state index contributed by atoms with van der Waals surface area (Å²) in [6.45, 7) is 17.2. The molecule has 22 heavy (non-hydrogen) atoms. The maximum absolute atomic E-state index is 6.35. The van der Waals surface area contributed by atoms with Crippen LogP contribution in [0.1, 0.15) is 87.0 Å². The topological polar surface area (TPSA) is 12.5 Å². The highest BCUT2D eigenvalue weighted by Crippen LogP contribution is 2.44. The van der Waals surface area contributed by atoms with Crippen molar-refractivity contribution in [1.29, 1.82) is 0 Å². The predicted molar refractivity (Wildman–Crippen MR) is 94.7 cm³/mol. The molecule has 0 aromatic carbocycles. The number of hydroxylamine groups is 2. The molecule has 2 nitrogen and oxygen atoms in total. The smallest absolute Gasteiger partial charge is 0.0693 e. The second-order valence-corrected chi connectivity index (χ2v) is 9.96. The fourth-order valence-electron chi connectivity index (χ4n) is 4.75. The van der Waals surface area contributed by atoms with Crippen molar-refractivity contribution in [2.24, 2.45) is 10.8 Å². The van der Waals surface area contributed by atoms with Gasteiger partial charge in [0.05, 0.1) is 6.61 Å². The van der Waals surface area contributed by atoms with E-state index in [9.17, 15) is 0 Å². The molecule has 0 saturated carbocycles. The first kappa shape index (κ1) is 18.0. The van der Waals surface area contributed by atoms with Gasteiger partial charge in [-0.2, -0.15) is 5.06 Å². The van der Waals surface area contributed by atoms with E-state index in [1.807, 2.05) is 0 Å². The van der Waals surface area contributed by atoms with Gasteiger partial charge in [-0.3, -0.25) is 4.84 Å². The molecule has 0 bridgehead atoms. The predicted octanol–water partition coefficient (Wildman–Crippen LogP) is 5.73. The lowest BCUT2D eigenvalue weighted by atomic mass is 9.67. The van der Waals surface area contributed by atoms with Gasteiger partial charge in [0, 0.05) is 11.1 Å². The SMILES string of the molecule is CC1(C)CC=CC(C)(CCON2C(C)(C)CCCC2(C)C)C1. The van der Waals surface area contributed by atoms with Crippen LogP contribution in [0.15, 0.2) is 12.2 Å². The summed E-state index contributed by atoms with van der Waals surface area (Å²) in [4.78, 5) is 6.35. The van der Waals surface area contributed by atoms with Crippen molar-refractivity contribution in [2.45, 2.75) is 98.1 Å². The maximum atomic E-state index is 6.35. The van der Waals surface area contributed by atoms with Crippen LogP contribution in [-0.4, -0.2) is 22.7 Å². The van der Waals surface area contributed by atoms with E-state index in [1.165, 1.54) is 32.1 Å². The molecule has 0 aromatic heterocycles. The summed E-state index contributed by atoms with van der Waals surface area (Å²) < 4.78 is 0. The average Bonchev–Trinajstić information content (AvgIpc) is 2.30. The second-order valence-electron chi connectivity index (χ2n) is 9.96. The Balaban J connectivity index is 1.95. The molecule has 128 valence electrons. The Morgan fingerprint density at radius 2 is 1.55 bits per heavy atom. The zero-order valence-corrected chi connectivity index (χ0v) is 16.0. The number of hydrogen-bond acceptors (Lipinski definition) is 2. The first-order valence-corrected chi connectivity index (χ1v) is 9.07. The molecule has 1 saturated heterocycles. The van der Waals surface area contributed by atoms with E-state index < -0.39 is 0 Å². The van der Waals surface area contributed by atoms with Crippen LogP contribution in [0.3, 0.4) is 0 Å². The van der Waals surface area contributed by atoms with Crippen LogP contribution >= 0.6 is 0 Å². The molecule has 1 atom stereocenters. The number of rotatable bonds is 4. The lowest BCUT2D eigenvalue weighted by molar-refractivity contribution is -0.283. The number of piperidine rings is 1. The van der Waals surface area contributed by atoms with Crippen molar-refractivity contribution in [1.82, 2.24) is 5.06 Å². The molecule has 1 aliphatic carbocycles. The summed E-state index contributed by atoms with van der Waals surface area (Å²) in [6, 6.07) is 0. The van der Waals surface area contributed by atoms with Crippen LogP contribution in [0, 0.1) is 10.8 Å². The van der Waals surface area contributed by atoms with Crippen LogP contribution in [0.4, 0.5) is 0 Å². The van der Waals surface area contributed by atoms with Gasteiger partial charge in [0.25, 0.3) is 0 Å². The van der Waals surface area contributed by atoms with Crippen molar-refractivity contribution >= 4 is 0 Å². The van der Waals surface area contributed by atoms with E-state index in [0.717, 1.165) is 13.0 Å². The maximum Gasteiger partial charge on any atom is 0.0693 e. The summed E-state index contributed by atoms with van der Waals surface area (Å²) in [5.74, 6) is 0. The molecule has 2 aliphatic rings. The van der Waals surface area contributed by atoms with E-state index in [2.05, 4.69) is 65.7 Å². The molecular formula is C20H37NO. The van der Waals surface area contributed by atoms with Crippen molar-refractivity contribution in [3.05, 3.63) is 12.2 Å². The van der Waals surface area contributed by atoms with Crippen LogP contribution in [0.25, 0.3) is 0 Å². The third kappa shape index (κ3) is 4.14. The molecule has 1 unspecified atom stereocenters. The van der Waals surface area contributed by atoms with E-state index in [0.29, 0.717) is 5.41 Å². The highest BCUT2D eigenvalue weighted by molar-refractivity contribution is 5.06. The summed E-state index contributed by atoms with van der Waals surface area (Å²) in [7, 11) is 0. The zero-order chi connectivity index (χ0) is 16.6. The minimum atomic E-state index is 0.143. The standard InChI is InChI=1S/C20H37NO/c1-17(2)10-8-13-20(7,16-17)14-15-22-21-18(3,4)11-9-12-19(21,5)6/h8,13H,9-12,14-16H2,1-7H3. The van der Waals surface area contributed by atoms with Gasteiger partial charge in [-0.05, 0) is 77.0 Å². The number of allylic oxidation sites excluding steroid dienone is 2. The van der Waals surface area contributed by atoms with Crippen molar-refractivity contribution < 1.29 is 4.84 Å². The Morgan fingerprint density at radius 1 is 0.955 bits per heavy atom. The molecular weight excluding hydrogens is 270 g/mol. The molecule has 0 aromatic rings. The molecule has 2 rings (SSSR count). The number of nitrogens with zero attached hydrogens (tertiary/aromatic N) is 1. The summed E-state index contributed by atoms with van der Waals surface area (Å²) >= 11 is 0. The molecule has 0 amide bonds. The van der Waals surface area contributed by atoms with Crippen molar-refractivity contribution in [3.63, 3.8) is 0 Å². The van der Waals surface area contributed by atoms with Gasteiger partial charge >= 0.3 is 0 Å². The lowest BCUT2D eigenvalue weighted by Gasteiger charge is -2.51. The molecule has 0 N–H and O–H groups in total. The van der Waals surface area contributed by atoms with Gasteiger partial charge in [0.2, 0.25) is 0 Å². The van der Waals surface area contributed by atoms with E-state index in [1.54, 1.807) is 0 Å². The third-order valence-corrected chi connectivity index (χ3v) is 5.64. The van der Waals surface area contributed by atoms with Gasteiger partial charge in [-0.15, -0.1) is 0 Å². The normalized spacial score (nSPS) is 33.8. The lowest BCUT2D eigenvalue weighted by Crippen LogP contribution is -2.58. The fraction of sp³-hybridized carbons (Fsp3) is 0.900. The fourth-order valence-corrected chi connectivity index (χ4v) is 4.75. The van der Waals surface area contributed by atoms with Gasteiger partial charge in [-0.25, -0.2) is 0 Å². The minimum absolute atomic E-state index is 0.143. The minimum Gasteiger partial charge on any atom is -0.298 e. The first-order chi connectivity index (χ1) is 9.96. The van der Waals surface area contributed by atoms with Gasteiger partial charge in [-0.1, -0.05) is 32.9 Å². The average molecular weight is 308 g/mol. The summed E-state index contributed by atoms with van der Waals surface area (Å²) in [6.07, 6.45) is 12.1. The van der Waals surface area contributed by atoms with Crippen molar-refractivity contribution in [3.8, 4) is 0 Å². The molecule has 2 heteroatoms. The monoisotopic (exact) mass is 307 g/mol. The van der Waals surface area contributed by atoms with Crippen LogP contribution < -0.4 is 0 Å². The van der Waals surface area contributed by atoms with Gasteiger partial charge < -0.3 is 0 Å². The Kier molecular flexibility index (Phi) is 4.86. The van der Waals surface area contributed by atoms with Gasteiger partial charge in [0.1, 0.15) is 0 Å². The third-order valence-electron chi connectivity index (χ3n) is 5.64. The molecule has 1 aliphatic heterocycles. The number of hydrogen-bond donors (Lipinski definition) is 0. The Labute approximate surface area is 138 Å². The molecule has 0 radical (unpaired) electrons. The highest BCUT2D eigenvalue weighted by Gasteiger charge is 2.43. The van der Waals surface area contributed by atoms with Crippen LogP contribution in [0.2, 0.25) is 0 Å². The quantitative estimate of drug-likeness (QED) is 0.615. The molecule has 1 fully saturated rings. The van der Waals surface area contributed by atoms with Crippen LogP contribution in [-0.2, 0) is 4.84 Å². The molecule has 0 spiro atoms. The Bertz CT molecular complexity index is 405. The van der Waals surface area contributed by atoms with Gasteiger partial charge in [0.15, 0.2) is 0 Å². The Hall–Kier alpha value is -0.340. The molecule has 1 heterocycles. The van der Waals surface area contributed by atoms with Crippen LogP contribution in [0.5, 0.6) is 0 Å². The summed E-state index contributed by atoms with van der Waals surface area (Å²) in [5.41, 5.74) is 0.994. The second kappa shape index (κ2) is 5.94. The van der Waals surface area contributed by atoms with E-state index in [-0.39, 0.29) is 16.5 Å². The van der Waals surface area contributed by atoms with E-state index in [4.69, 9.17) is 4.84 Å². The zero-order valence-electron chi connectivity index (χ0n) is 16.0. The summed E-state index contributed by atoms with van der Waals surface area (Å²) in [5, 5.41) is 2.30.